The van der Waals surface area contributed by atoms with Crippen LogP contribution in [0.15, 0.2) is 36.4 Å². The van der Waals surface area contributed by atoms with Gasteiger partial charge in [-0.3, -0.25) is 4.79 Å². The third-order valence-electron chi connectivity index (χ3n) is 3.54. The smallest absolute Gasteiger partial charge is 0.381 e. The number of nitrogens with zero attached hydrogens (tertiary/aromatic N) is 1. The van der Waals surface area contributed by atoms with Gasteiger partial charge in [-0.1, -0.05) is 29.5 Å². The molecule has 1 aromatic heterocycles. The molecule has 3 rings (SSSR count). The number of amides is 2. The SMILES string of the molecule is Cc1cccc(C)c1NC(=O)c1ccc2nc(OC(N)=O)sc2c1. The van der Waals surface area contributed by atoms with Crippen LogP contribution in [0.1, 0.15) is 21.5 Å². The van der Waals surface area contributed by atoms with Crippen LogP contribution in [0, 0.1) is 13.8 Å². The zero-order chi connectivity index (χ0) is 17.3. The highest BCUT2D eigenvalue weighted by Gasteiger charge is 2.13. The second-order valence-electron chi connectivity index (χ2n) is 5.30. The van der Waals surface area contributed by atoms with Gasteiger partial charge in [-0.2, -0.15) is 0 Å². The van der Waals surface area contributed by atoms with Crippen molar-refractivity contribution in [2.75, 3.05) is 5.32 Å². The van der Waals surface area contributed by atoms with Crippen molar-refractivity contribution in [2.24, 2.45) is 5.73 Å². The zero-order valence-electron chi connectivity index (χ0n) is 13.1. The minimum absolute atomic E-state index is 0.157. The van der Waals surface area contributed by atoms with Gasteiger partial charge in [0.1, 0.15) is 0 Å². The molecule has 3 aromatic rings. The summed E-state index contributed by atoms with van der Waals surface area (Å²) in [6.07, 6.45) is -0.915. The van der Waals surface area contributed by atoms with Crippen molar-refractivity contribution in [3.8, 4) is 5.19 Å². The van der Waals surface area contributed by atoms with E-state index in [2.05, 4.69) is 10.3 Å². The molecule has 0 unspecified atom stereocenters. The molecule has 6 nitrogen and oxygen atoms in total. The fourth-order valence-corrected chi connectivity index (χ4v) is 3.23. The van der Waals surface area contributed by atoms with Gasteiger partial charge in [0.15, 0.2) is 0 Å². The van der Waals surface area contributed by atoms with Crippen molar-refractivity contribution >= 4 is 39.2 Å². The summed E-state index contributed by atoms with van der Waals surface area (Å²) < 4.78 is 5.51. The summed E-state index contributed by atoms with van der Waals surface area (Å²) in [4.78, 5) is 27.4. The summed E-state index contributed by atoms with van der Waals surface area (Å²) in [6, 6.07) is 10.9. The van der Waals surface area contributed by atoms with Gasteiger partial charge in [0.2, 0.25) is 0 Å². The van der Waals surface area contributed by atoms with Crippen LogP contribution in [0.3, 0.4) is 0 Å². The van der Waals surface area contributed by atoms with Crippen LogP contribution in [-0.4, -0.2) is 17.0 Å². The van der Waals surface area contributed by atoms with Crippen LogP contribution >= 0.6 is 11.3 Å². The molecule has 0 aliphatic carbocycles. The van der Waals surface area contributed by atoms with E-state index >= 15 is 0 Å². The van der Waals surface area contributed by atoms with Crippen molar-refractivity contribution in [3.63, 3.8) is 0 Å². The maximum Gasteiger partial charge on any atom is 0.411 e. The zero-order valence-corrected chi connectivity index (χ0v) is 13.9. The molecule has 0 atom stereocenters. The lowest BCUT2D eigenvalue weighted by Gasteiger charge is -2.11. The molecule has 2 aromatic carbocycles. The molecule has 24 heavy (non-hydrogen) atoms. The average molecular weight is 341 g/mol. The van der Waals surface area contributed by atoms with Crippen LogP contribution in [0.25, 0.3) is 10.2 Å². The third-order valence-corrected chi connectivity index (χ3v) is 4.43. The number of nitrogens with one attached hydrogen (secondary N) is 1. The predicted octanol–water partition coefficient (Wildman–Crippen LogP) is 3.62. The predicted molar refractivity (Wildman–Crippen MR) is 93.7 cm³/mol. The van der Waals surface area contributed by atoms with E-state index in [0.717, 1.165) is 32.9 Å². The Bertz CT molecular complexity index is 929. The normalized spacial score (nSPS) is 10.6. The first-order chi connectivity index (χ1) is 11.4. The van der Waals surface area contributed by atoms with Crippen LogP contribution in [0.2, 0.25) is 0 Å². The van der Waals surface area contributed by atoms with E-state index in [1.807, 2.05) is 32.0 Å². The maximum atomic E-state index is 12.5. The van der Waals surface area contributed by atoms with E-state index in [9.17, 15) is 9.59 Å². The lowest BCUT2D eigenvalue weighted by molar-refractivity contribution is 0.102. The number of fused-ring (bicyclic) bond motifs is 1. The van der Waals surface area contributed by atoms with Gasteiger partial charge >= 0.3 is 6.09 Å². The second kappa shape index (κ2) is 6.29. The Kier molecular flexibility index (Phi) is 4.18. The maximum absolute atomic E-state index is 12.5. The van der Waals surface area contributed by atoms with Gasteiger partial charge in [-0.15, -0.1) is 0 Å². The van der Waals surface area contributed by atoms with E-state index in [0.29, 0.717) is 11.1 Å². The molecule has 122 valence electrons. The van der Waals surface area contributed by atoms with Crippen molar-refractivity contribution in [3.05, 3.63) is 53.1 Å². The van der Waals surface area contributed by atoms with Crippen LogP contribution in [0.5, 0.6) is 5.19 Å². The van der Waals surface area contributed by atoms with E-state index < -0.39 is 6.09 Å². The number of thiazole rings is 1. The van der Waals surface area contributed by atoms with E-state index in [1.165, 1.54) is 0 Å². The number of anilines is 1. The van der Waals surface area contributed by atoms with Gasteiger partial charge in [0.25, 0.3) is 11.1 Å². The first kappa shape index (κ1) is 15.9. The second-order valence-corrected chi connectivity index (χ2v) is 6.30. The van der Waals surface area contributed by atoms with Crippen molar-refractivity contribution in [2.45, 2.75) is 13.8 Å². The number of nitrogens with two attached hydrogens (primary N) is 1. The van der Waals surface area contributed by atoms with Crippen LogP contribution in [0.4, 0.5) is 10.5 Å². The topological polar surface area (TPSA) is 94.3 Å². The fourth-order valence-electron chi connectivity index (χ4n) is 2.37. The first-order valence-electron chi connectivity index (χ1n) is 7.19. The van der Waals surface area contributed by atoms with E-state index in [4.69, 9.17) is 10.5 Å². The summed E-state index contributed by atoms with van der Waals surface area (Å²) in [5.74, 6) is -0.208. The fraction of sp³-hybridized carbons (Fsp3) is 0.118. The molecular formula is C17H15N3O3S. The van der Waals surface area contributed by atoms with Crippen LogP contribution in [-0.2, 0) is 0 Å². The molecule has 0 aliphatic rings. The molecule has 0 aliphatic heterocycles. The highest BCUT2D eigenvalue weighted by Crippen LogP contribution is 2.29. The molecule has 0 fully saturated rings. The molecule has 2 amide bonds. The molecular weight excluding hydrogens is 326 g/mol. The minimum Gasteiger partial charge on any atom is -0.381 e. The van der Waals surface area contributed by atoms with Gasteiger partial charge in [0.05, 0.1) is 10.2 Å². The number of hydrogen-bond donors (Lipinski definition) is 2. The molecule has 7 heteroatoms. The number of carbonyl (C=O) groups excluding carboxylic acids is 2. The molecule has 0 bridgehead atoms. The Morgan fingerprint density at radius 1 is 1.17 bits per heavy atom. The average Bonchev–Trinajstić information content (AvgIpc) is 2.91. The van der Waals surface area contributed by atoms with Gasteiger partial charge in [-0.05, 0) is 43.2 Å². The van der Waals surface area contributed by atoms with Gasteiger partial charge < -0.3 is 15.8 Å². The molecule has 3 N–H and O–H groups in total. The van der Waals surface area contributed by atoms with E-state index in [-0.39, 0.29) is 11.1 Å². The number of para-hydroxylation sites is 1. The van der Waals surface area contributed by atoms with Crippen LogP contribution < -0.4 is 15.8 Å². The third kappa shape index (κ3) is 3.21. The van der Waals surface area contributed by atoms with Crippen molar-refractivity contribution in [1.29, 1.82) is 0 Å². The largest absolute Gasteiger partial charge is 0.411 e. The first-order valence-corrected chi connectivity index (χ1v) is 8.01. The van der Waals surface area contributed by atoms with Gasteiger partial charge in [0, 0.05) is 11.3 Å². The summed E-state index contributed by atoms with van der Waals surface area (Å²) in [7, 11) is 0. The number of carbonyl (C=O) groups is 2. The van der Waals surface area contributed by atoms with Gasteiger partial charge in [-0.25, -0.2) is 9.78 Å². The molecule has 0 saturated heterocycles. The van der Waals surface area contributed by atoms with Crippen molar-refractivity contribution in [1.82, 2.24) is 4.98 Å². The molecule has 1 heterocycles. The summed E-state index contributed by atoms with van der Waals surface area (Å²) >= 11 is 1.16. The quantitative estimate of drug-likeness (QED) is 0.760. The molecule has 0 spiro atoms. The summed E-state index contributed by atoms with van der Waals surface area (Å²) in [5.41, 5.74) is 8.93. The van der Waals surface area contributed by atoms with Crippen molar-refractivity contribution < 1.29 is 14.3 Å². The Balaban J connectivity index is 1.88. The number of hydrogen-bond acceptors (Lipinski definition) is 5. The minimum atomic E-state index is -0.915. The highest BCUT2D eigenvalue weighted by atomic mass is 32.1. The number of primary amides is 1. The lowest BCUT2D eigenvalue weighted by atomic mass is 10.1. The number of benzene rings is 2. The Morgan fingerprint density at radius 2 is 1.88 bits per heavy atom. The number of aromatic nitrogens is 1. The van der Waals surface area contributed by atoms with E-state index in [1.54, 1.807) is 18.2 Å². The highest BCUT2D eigenvalue weighted by molar-refractivity contribution is 7.20. The monoisotopic (exact) mass is 341 g/mol. The summed E-state index contributed by atoms with van der Waals surface area (Å²) in [5, 5.41) is 3.10. The molecule has 0 saturated carbocycles. The number of ether oxygens (including phenoxy) is 1. The lowest BCUT2D eigenvalue weighted by Crippen LogP contribution is -2.15. The summed E-state index contributed by atoms with van der Waals surface area (Å²) in [6.45, 7) is 3.89. The molecule has 0 radical (unpaired) electrons. The number of aryl methyl sites for hydroxylation is 2. The number of rotatable bonds is 3. The standard InChI is InChI=1S/C17H15N3O3S/c1-9-4-3-5-10(2)14(9)20-15(21)11-6-7-12-13(8-11)24-17(19-12)23-16(18)22/h3-8H,1-2H3,(H2,18,22)(H,20,21). The Hall–Kier alpha value is -2.93. The Labute approximate surface area is 142 Å². The Morgan fingerprint density at radius 3 is 2.54 bits per heavy atom.